The molecule has 1 aromatic rings. The maximum atomic E-state index is 11.6. The summed E-state index contributed by atoms with van der Waals surface area (Å²) < 4.78 is 0. The zero-order valence-corrected chi connectivity index (χ0v) is 10.9. The van der Waals surface area contributed by atoms with Gasteiger partial charge in [-0.1, -0.05) is 11.8 Å². The SMILES string of the molecule is CCN(CC)C(=O)C=CSc1ccc(O)cc1. The summed E-state index contributed by atoms with van der Waals surface area (Å²) in [6.45, 7) is 5.37. The number of amides is 1. The van der Waals surface area contributed by atoms with Gasteiger partial charge in [-0.3, -0.25) is 4.79 Å². The van der Waals surface area contributed by atoms with Crippen LogP contribution in [0.3, 0.4) is 0 Å². The summed E-state index contributed by atoms with van der Waals surface area (Å²) in [6, 6.07) is 6.88. The summed E-state index contributed by atoms with van der Waals surface area (Å²) in [5.41, 5.74) is 0. The molecule has 0 aliphatic carbocycles. The Kier molecular flexibility index (Phi) is 5.63. The fourth-order valence-corrected chi connectivity index (χ4v) is 1.97. The van der Waals surface area contributed by atoms with Gasteiger partial charge >= 0.3 is 0 Å². The van der Waals surface area contributed by atoms with E-state index in [4.69, 9.17) is 5.11 Å². The molecule has 1 aromatic carbocycles. The molecule has 0 saturated carbocycles. The molecular formula is C13H17NO2S. The Balaban J connectivity index is 2.50. The summed E-state index contributed by atoms with van der Waals surface area (Å²) in [5.74, 6) is 0.277. The van der Waals surface area contributed by atoms with Crippen molar-refractivity contribution >= 4 is 17.7 Å². The smallest absolute Gasteiger partial charge is 0.247 e. The number of benzene rings is 1. The third kappa shape index (κ3) is 4.53. The van der Waals surface area contributed by atoms with Gasteiger partial charge in [0.05, 0.1) is 0 Å². The van der Waals surface area contributed by atoms with Crippen molar-refractivity contribution in [2.24, 2.45) is 0 Å². The van der Waals surface area contributed by atoms with Crippen LogP contribution in [-0.4, -0.2) is 29.0 Å². The van der Waals surface area contributed by atoms with Crippen molar-refractivity contribution in [3.05, 3.63) is 35.7 Å². The summed E-state index contributed by atoms with van der Waals surface area (Å²) in [6.07, 6.45) is 1.57. The molecular weight excluding hydrogens is 234 g/mol. The quantitative estimate of drug-likeness (QED) is 0.646. The molecule has 1 N–H and O–H groups in total. The Morgan fingerprint density at radius 1 is 1.29 bits per heavy atom. The number of nitrogens with zero attached hydrogens (tertiary/aromatic N) is 1. The van der Waals surface area contributed by atoms with Gasteiger partial charge in [-0.2, -0.15) is 0 Å². The average Bonchev–Trinajstić information content (AvgIpc) is 2.33. The van der Waals surface area contributed by atoms with E-state index >= 15 is 0 Å². The van der Waals surface area contributed by atoms with Gasteiger partial charge in [0.1, 0.15) is 5.75 Å². The first-order chi connectivity index (χ1) is 8.17. The molecule has 17 heavy (non-hydrogen) atoms. The van der Waals surface area contributed by atoms with Gasteiger partial charge < -0.3 is 10.0 Å². The first-order valence-electron chi connectivity index (χ1n) is 5.58. The van der Waals surface area contributed by atoms with E-state index in [0.29, 0.717) is 0 Å². The molecule has 0 aliphatic rings. The lowest BCUT2D eigenvalue weighted by atomic mass is 10.3. The van der Waals surface area contributed by atoms with Crippen LogP contribution in [0.1, 0.15) is 13.8 Å². The van der Waals surface area contributed by atoms with Crippen LogP contribution in [0.2, 0.25) is 0 Å². The second-order valence-corrected chi connectivity index (χ2v) is 4.40. The van der Waals surface area contributed by atoms with E-state index in [1.54, 1.807) is 28.5 Å². The van der Waals surface area contributed by atoms with Gasteiger partial charge in [0.15, 0.2) is 0 Å². The number of carbonyl (C=O) groups excluding carboxylic acids is 1. The molecule has 3 nitrogen and oxygen atoms in total. The Bertz CT molecular complexity index is 383. The number of phenolic OH excluding ortho intramolecular Hbond substituents is 1. The molecule has 0 spiro atoms. The van der Waals surface area contributed by atoms with Crippen LogP contribution in [-0.2, 0) is 4.79 Å². The first-order valence-corrected chi connectivity index (χ1v) is 6.46. The predicted molar refractivity (Wildman–Crippen MR) is 71.0 cm³/mol. The molecule has 92 valence electrons. The third-order valence-electron chi connectivity index (χ3n) is 2.33. The molecule has 0 atom stereocenters. The summed E-state index contributed by atoms with van der Waals surface area (Å²) in [4.78, 5) is 14.4. The van der Waals surface area contributed by atoms with Crippen LogP contribution < -0.4 is 0 Å². The number of aromatic hydroxyl groups is 1. The fourth-order valence-electron chi connectivity index (χ4n) is 1.34. The molecule has 0 radical (unpaired) electrons. The zero-order valence-electron chi connectivity index (χ0n) is 10.1. The Labute approximate surface area is 106 Å². The van der Waals surface area contributed by atoms with Crippen LogP contribution in [0.5, 0.6) is 5.75 Å². The molecule has 0 unspecified atom stereocenters. The van der Waals surface area contributed by atoms with Crippen LogP contribution in [0.4, 0.5) is 0 Å². The molecule has 4 heteroatoms. The average molecular weight is 251 g/mol. The van der Waals surface area contributed by atoms with E-state index in [0.717, 1.165) is 18.0 Å². The number of rotatable bonds is 5. The first kappa shape index (κ1) is 13.6. The lowest BCUT2D eigenvalue weighted by molar-refractivity contribution is -0.125. The molecule has 0 bridgehead atoms. The highest BCUT2D eigenvalue weighted by molar-refractivity contribution is 8.02. The Hall–Kier alpha value is -1.42. The summed E-state index contributed by atoms with van der Waals surface area (Å²) >= 11 is 1.46. The number of phenols is 1. The van der Waals surface area contributed by atoms with E-state index < -0.39 is 0 Å². The van der Waals surface area contributed by atoms with Gasteiger partial charge in [0, 0.05) is 24.1 Å². The van der Waals surface area contributed by atoms with Crippen molar-refractivity contribution in [2.75, 3.05) is 13.1 Å². The molecule has 0 fully saturated rings. The second kappa shape index (κ2) is 7.01. The highest BCUT2D eigenvalue weighted by atomic mass is 32.2. The van der Waals surface area contributed by atoms with Gasteiger partial charge in [0.2, 0.25) is 5.91 Å². The molecule has 0 heterocycles. The second-order valence-electron chi connectivity index (χ2n) is 3.43. The zero-order chi connectivity index (χ0) is 12.7. The van der Waals surface area contributed by atoms with Gasteiger partial charge in [-0.15, -0.1) is 0 Å². The molecule has 1 rings (SSSR count). The normalized spacial score (nSPS) is 10.7. The van der Waals surface area contributed by atoms with Crippen molar-refractivity contribution < 1.29 is 9.90 Å². The fraction of sp³-hybridized carbons (Fsp3) is 0.308. The molecule has 0 aromatic heterocycles. The number of carbonyl (C=O) groups is 1. The highest BCUT2D eigenvalue weighted by Gasteiger charge is 2.04. The van der Waals surface area contributed by atoms with Gasteiger partial charge in [0.25, 0.3) is 0 Å². The van der Waals surface area contributed by atoms with Gasteiger partial charge in [-0.25, -0.2) is 0 Å². The van der Waals surface area contributed by atoms with Crippen molar-refractivity contribution in [3.8, 4) is 5.75 Å². The van der Waals surface area contributed by atoms with E-state index in [9.17, 15) is 4.79 Å². The standard InChI is InChI=1S/C13H17NO2S/c1-3-14(4-2)13(16)9-10-17-12-7-5-11(15)6-8-12/h5-10,15H,3-4H2,1-2H3. The van der Waals surface area contributed by atoms with Crippen molar-refractivity contribution in [1.29, 1.82) is 0 Å². The number of hydrogen-bond acceptors (Lipinski definition) is 3. The minimum absolute atomic E-state index is 0.0290. The summed E-state index contributed by atoms with van der Waals surface area (Å²) in [5, 5.41) is 10.9. The van der Waals surface area contributed by atoms with E-state index in [1.807, 2.05) is 26.0 Å². The molecule has 0 saturated heterocycles. The minimum Gasteiger partial charge on any atom is -0.508 e. The van der Waals surface area contributed by atoms with E-state index in [2.05, 4.69) is 0 Å². The Morgan fingerprint density at radius 3 is 2.41 bits per heavy atom. The van der Waals surface area contributed by atoms with Crippen molar-refractivity contribution in [2.45, 2.75) is 18.7 Å². The number of thioether (sulfide) groups is 1. The monoisotopic (exact) mass is 251 g/mol. The lowest BCUT2D eigenvalue weighted by Gasteiger charge is -2.15. The highest BCUT2D eigenvalue weighted by Crippen LogP contribution is 2.21. The van der Waals surface area contributed by atoms with Crippen LogP contribution in [0, 0.1) is 0 Å². The minimum atomic E-state index is 0.0290. The lowest BCUT2D eigenvalue weighted by Crippen LogP contribution is -2.28. The summed E-state index contributed by atoms with van der Waals surface area (Å²) in [7, 11) is 0. The van der Waals surface area contributed by atoms with E-state index in [1.165, 1.54) is 11.8 Å². The number of hydrogen-bond donors (Lipinski definition) is 1. The maximum Gasteiger partial charge on any atom is 0.247 e. The predicted octanol–water partition coefficient (Wildman–Crippen LogP) is 2.87. The topological polar surface area (TPSA) is 40.5 Å². The third-order valence-corrected chi connectivity index (χ3v) is 3.14. The van der Waals surface area contributed by atoms with Gasteiger partial charge in [-0.05, 0) is 43.5 Å². The Morgan fingerprint density at radius 2 is 1.88 bits per heavy atom. The maximum absolute atomic E-state index is 11.6. The molecule has 0 aliphatic heterocycles. The van der Waals surface area contributed by atoms with Crippen molar-refractivity contribution in [1.82, 2.24) is 4.90 Å². The van der Waals surface area contributed by atoms with Crippen molar-refractivity contribution in [3.63, 3.8) is 0 Å². The van der Waals surface area contributed by atoms with Crippen LogP contribution in [0.15, 0.2) is 40.6 Å². The molecule has 1 amide bonds. The largest absolute Gasteiger partial charge is 0.508 e. The van der Waals surface area contributed by atoms with Crippen LogP contribution >= 0.6 is 11.8 Å². The number of likely N-dealkylation sites (N-methyl/N-ethyl adjacent to an activating group) is 1. The van der Waals surface area contributed by atoms with E-state index in [-0.39, 0.29) is 11.7 Å². The van der Waals surface area contributed by atoms with Crippen LogP contribution in [0.25, 0.3) is 0 Å².